The van der Waals surface area contributed by atoms with Gasteiger partial charge < -0.3 is 28.8 Å². The van der Waals surface area contributed by atoms with Gasteiger partial charge in [0, 0.05) is 0 Å². The molecular formula is C45H54O9. The third-order valence-corrected chi connectivity index (χ3v) is 8.84. The van der Waals surface area contributed by atoms with Crippen LogP contribution in [0.3, 0.4) is 0 Å². The highest BCUT2D eigenvalue weighted by Crippen LogP contribution is 2.40. The van der Waals surface area contributed by atoms with Crippen molar-refractivity contribution < 1.29 is 43.2 Å². The number of esters is 2. The lowest BCUT2D eigenvalue weighted by Crippen LogP contribution is -2.12. The van der Waals surface area contributed by atoms with E-state index in [1.807, 2.05) is 24.3 Å². The van der Waals surface area contributed by atoms with Crippen molar-refractivity contribution in [1.29, 1.82) is 0 Å². The second kappa shape index (κ2) is 22.7. The lowest BCUT2D eigenvalue weighted by atomic mass is 10.1. The van der Waals surface area contributed by atoms with Gasteiger partial charge in [-0.05, 0) is 91.1 Å². The van der Waals surface area contributed by atoms with Gasteiger partial charge in [-0.3, -0.25) is 0 Å². The molecular weight excluding hydrogens is 684 g/mol. The molecule has 0 radical (unpaired) electrons. The molecule has 0 atom stereocenters. The Hall–Kier alpha value is -5.31. The Kier molecular flexibility index (Phi) is 17.4. The van der Waals surface area contributed by atoms with Gasteiger partial charge in [0.05, 0.1) is 36.5 Å². The van der Waals surface area contributed by atoms with Crippen LogP contribution in [0.1, 0.15) is 129 Å². The van der Waals surface area contributed by atoms with Crippen LogP contribution in [0, 0.1) is 0 Å². The van der Waals surface area contributed by atoms with E-state index in [9.17, 15) is 14.4 Å². The first-order valence-electron chi connectivity index (χ1n) is 19.4. The molecule has 0 saturated heterocycles. The smallest absolute Gasteiger partial charge is 0.343 e. The van der Waals surface area contributed by atoms with E-state index in [1.165, 1.54) is 24.3 Å². The summed E-state index contributed by atoms with van der Waals surface area (Å²) < 4.78 is 30.1. The van der Waals surface area contributed by atoms with Crippen LogP contribution >= 0.6 is 0 Å². The third-order valence-electron chi connectivity index (χ3n) is 8.84. The largest absolute Gasteiger partial charge is 0.490 e. The minimum Gasteiger partial charge on any atom is -0.490 e. The molecule has 0 aliphatic carbocycles. The van der Waals surface area contributed by atoms with E-state index >= 15 is 0 Å². The molecule has 0 aliphatic rings. The zero-order chi connectivity index (χ0) is 38.5. The van der Waals surface area contributed by atoms with E-state index in [1.54, 1.807) is 36.4 Å². The number of carbonyl (C=O) groups excluding carboxylic acids is 2. The minimum atomic E-state index is -1.07. The van der Waals surface area contributed by atoms with Crippen LogP contribution in [0.5, 0.6) is 28.7 Å². The van der Waals surface area contributed by atoms with E-state index < -0.39 is 17.9 Å². The van der Waals surface area contributed by atoms with Gasteiger partial charge in [0.15, 0.2) is 11.5 Å². The Balaban J connectivity index is 1.46. The SMILES string of the molecule is CCCCCCOc1cc(C(=O)Oc2ccc(-c3ccc(OC(=O)c4ccc(C(=O)O)cc4)cc3)cc2)cc(OCCCCCC)c1OCCCCCC. The van der Waals surface area contributed by atoms with Gasteiger partial charge in [0.2, 0.25) is 5.75 Å². The Morgan fingerprint density at radius 2 is 0.852 bits per heavy atom. The van der Waals surface area contributed by atoms with E-state index in [2.05, 4.69) is 20.8 Å². The standard InChI is InChI=1S/C45H54O9/c1-4-7-10-13-28-50-40-31-37(32-41(51-29-14-11-8-5-2)42(40)52-30-15-12-9-6-3)45(49)54-39-26-22-34(23-27-39)33-20-24-38(25-21-33)53-44(48)36-18-16-35(17-19-36)43(46)47/h16-27,31-32H,4-15,28-30H2,1-3H3,(H,46,47). The van der Waals surface area contributed by atoms with Gasteiger partial charge in [0.1, 0.15) is 11.5 Å². The van der Waals surface area contributed by atoms with Crippen LogP contribution in [0.2, 0.25) is 0 Å². The Morgan fingerprint density at radius 3 is 1.26 bits per heavy atom. The van der Waals surface area contributed by atoms with Gasteiger partial charge in [-0.15, -0.1) is 0 Å². The fourth-order valence-corrected chi connectivity index (χ4v) is 5.69. The maximum absolute atomic E-state index is 13.6. The van der Waals surface area contributed by atoms with Crippen molar-refractivity contribution in [2.24, 2.45) is 0 Å². The van der Waals surface area contributed by atoms with Crippen LogP contribution < -0.4 is 23.7 Å². The highest BCUT2D eigenvalue weighted by molar-refractivity contribution is 5.94. The van der Waals surface area contributed by atoms with Gasteiger partial charge in [0.25, 0.3) is 0 Å². The van der Waals surface area contributed by atoms with Crippen LogP contribution in [-0.2, 0) is 0 Å². The summed E-state index contributed by atoms with van der Waals surface area (Å²) in [6.07, 6.45) is 12.7. The average molecular weight is 739 g/mol. The minimum absolute atomic E-state index is 0.0868. The summed E-state index contributed by atoms with van der Waals surface area (Å²) in [5.41, 5.74) is 2.38. The van der Waals surface area contributed by atoms with Crippen molar-refractivity contribution in [3.63, 3.8) is 0 Å². The average Bonchev–Trinajstić information content (AvgIpc) is 3.18. The van der Waals surface area contributed by atoms with E-state index in [0.717, 1.165) is 88.2 Å². The topological polar surface area (TPSA) is 118 Å². The number of aromatic carboxylic acids is 1. The van der Waals surface area contributed by atoms with Crippen LogP contribution in [-0.4, -0.2) is 42.8 Å². The molecule has 0 bridgehead atoms. The number of benzene rings is 4. The van der Waals surface area contributed by atoms with Gasteiger partial charge in [-0.2, -0.15) is 0 Å². The molecule has 288 valence electrons. The molecule has 0 aromatic heterocycles. The zero-order valence-corrected chi connectivity index (χ0v) is 31.9. The molecule has 4 aromatic carbocycles. The van der Waals surface area contributed by atoms with Crippen LogP contribution in [0.15, 0.2) is 84.9 Å². The summed E-state index contributed by atoms with van der Waals surface area (Å²) >= 11 is 0. The number of carboxylic acid groups (broad SMARTS) is 1. The molecule has 0 spiro atoms. The molecule has 1 N–H and O–H groups in total. The molecule has 9 nitrogen and oxygen atoms in total. The molecule has 0 fully saturated rings. The molecule has 0 heterocycles. The van der Waals surface area contributed by atoms with Crippen LogP contribution in [0.4, 0.5) is 0 Å². The quantitative estimate of drug-likeness (QED) is 0.0426. The van der Waals surface area contributed by atoms with E-state index in [0.29, 0.717) is 54.1 Å². The molecule has 4 rings (SSSR count). The zero-order valence-electron chi connectivity index (χ0n) is 31.9. The van der Waals surface area contributed by atoms with Crippen molar-refractivity contribution in [3.05, 3.63) is 102 Å². The first-order chi connectivity index (χ1) is 26.3. The molecule has 4 aromatic rings. The number of carbonyl (C=O) groups is 3. The first-order valence-corrected chi connectivity index (χ1v) is 19.4. The Labute approximate surface area is 319 Å². The lowest BCUT2D eigenvalue weighted by molar-refractivity contribution is 0.0690. The summed E-state index contributed by atoms with van der Waals surface area (Å²) in [6.45, 7) is 8.08. The summed E-state index contributed by atoms with van der Waals surface area (Å²) in [6, 6.07) is 23.1. The predicted octanol–water partition coefficient (Wildman–Crippen LogP) is 11.4. The summed E-state index contributed by atoms with van der Waals surface area (Å²) in [5.74, 6) is 0.0383. The second-order valence-corrected chi connectivity index (χ2v) is 13.2. The summed E-state index contributed by atoms with van der Waals surface area (Å²) in [4.78, 5) is 37.2. The van der Waals surface area contributed by atoms with Crippen molar-refractivity contribution in [1.82, 2.24) is 0 Å². The maximum atomic E-state index is 13.6. The fraction of sp³-hybridized carbons (Fsp3) is 0.400. The fourth-order valence-electron chi connectivity index (χ4n) is 5.69. The normalized spacial score (nSPS) is 10.8. The predicted molar refractivity (Wildman–Crippen MR) is 211 cm³/mol. The van der Waals surface area contributed by atoms with Gasteiger partial charge >= 0.3 is 17.9 Å². The van der Waals surface area contributed by atoms with Crippen molar-refractivity contribution in [2.45, 2.75) is 97.8 Å². The molecule has 0 aliphatic heterocycles. The molecule has 54 heavy (non-hydrogen) atoms. The monoisotopic (exact) mass is 738 g/mol. The second-order valence-electron chi connectivity index (χ2n) is 13.2. The Morgan fingerprint density at radius 1 is 0.463 bits per heavy atom. The van der Waals surface area contributed by atoms with Gasteiger partial charge in [-0.25, -0.2) is 14.4 Å². The molecule has 0 amide bonds. The van der Waals surface area contributed by atoms with Crippen molar-refractivity contribution in [2.75, 3.05) is 19.8 Å². The molecule has 0 unspecified atom stereocenters. The first kappa shape index (κ1) is 41.4. The molecule has 0 saturated carbocycles. The third kappa shape index (κ3) is 13.3. The summed E-state index contributed by atoms with van der Waals surface area (Å²) in [7, 11) is 0. The lowest BCUT2D eigenvalue weighted by Gasteiger charge is -2.19. The highest BCUT2D eigenvalue weighted by atomic mass is 16.5. The Bertz CT molecular complexity index is 1710. The molecule has 9 heteroatoms. The number of hydrogen-bond acceptors (Lipinski definition) is 8. The number of hydrogen-bond donors (Lipinski definition) is 1. The number of carboxylic acids is 1. The summed E-state index contributed by atoms with van der Waals surface area (Å²) in [5, 5.41) is 9.07. The van der Waals surface area contributed by atoms with Gasteiger partial charge in [-0.1, -0.05) is 103 Å². The van der Waals surface area contributed by atoms with E-state index in [-0.39, 0.29) is 11.1 Å². The maximum Gasteiger partial charge on any atom is 0.343 e. The number of ether oxygens (including phenoxy) is 5. The number of rotatable bonds is 24. The number of unbranched alkanes of at least 4 members (excludes halogenated alkanes) is 9. The highest BCUT2D eigenvalue weighted by Gasteiger charge is 2.21. The van der Waals surface area contributed by atoms with E-state index in [4.69, 9.17) is 28.8 Å². The van der Waals surface area contributed by atoms with Crippen LogP contribution in [0.25, 0.3) is 11.1 Å². The van der Waals surface area contributed by atoms with Crippen molar-refractivity contribution >= 4 is 17.9 Å². The van der Waals surface area contributed by atoms with Crippen molar-refractivity contribution in [3.8, 4) is 39.9 Å².